The molecule has 0 aliphatic rings. The molecule has 2 heterocycles. The first kappa shape index (κ1) is 22.9. The van der Waals surface area contributed by atoms with Gasteiger partial charge in [0.2, 0.25) is 0 Å². The third kappa shape index (κ3) is 5.92. The molecule has 0 atom stereocenters. The average molecular weight is 454 g/mol. The first-order valence-electron chi connectivity index (χ1n) is 11.1. The fourth-order valence-corrected chi connectivity index (χ4v) is 3.73. The molecule has 4 rings (SSSR count). The van der Waals surface area contributed by atoms with Crippen molar-refractivity contribution in [3.63, 3.8) is 0 Å². The molecule has 0 radical (unpaired) electrons. The Morgan fingerprint density at radius 1 is 1.06 bits per heavy atom. The Morgan fingerprint density at radius 2 is 1.82 bits per heavy atom. The number of rotatable bonds is 10. The third-order valence-electron chi connectivity index (χ3n) is 5.52. The first-order chi connectivity index (χ1) is 16.6. The number of aromatic amines is 1. The number of pyridine rings is 1. The molecule has 0 unspecified atom stereocenters. The quantitative estimate of drug-likeness (QED) is 0.320. The van der Waals surface area contributed by atoms with Crippen LogP contribution in [0.3, 0.4) is 0 Å². The summed E-state index contributed by atoms with van der Waals surface area (Å²) in [5, 5.41) is 9.14. The van der Waals surface area contributed by atoms with Crippen molar-refractivity contribution in [2.45, 2.75) is 6.42 Å². The molecule has 0 aliphatic heterocycles. The molecule has 0 aliphatic carbocycles. The molecule has 2 aromatic carbocycles. The van der Waals surface area contributed by atoms with E-state index in [2.05, 4.69) is 14.9 Å². The highest BCUT2D eigenvalue weighted by atomic mass is 16.5. The number of anilines is 1. The molecular formula is C28H27N3O3. The second-order valence-electron chi connectivity index (χ2n) is 7.91. The number of ether oxygens (including phenoxy) is 1. The van der Waals surface area contributed by atoms with Gasteiger partial charge in [-0.1, -0.05) is 48.5 Å². The molecule has 172 valence electrons. The number of nitrogens with zero attached hydrogens (tertiary/aromatic N) is 2. The Bertz CT molecular complexity index is 1230. The highest BCUT2D eigenvalue weighted by Crippen LogP contribution is 2.29. The zero-order valence-electron chi connectivity index (χ0n) is 19.0. The fourth-order valence-electron chi connectivity index (χ4n) is 3.73. The van der Waals surface area contributed by atoms with Crippen molar-refractivity contribution in [1.82, 2.24) is 9.97 Å². The molecular weight excluding hydrogens is 426 g/mol. The van der Waals surface area contributed by atoms with Gasteiger partial charge >= 0.3 is 5.97 Å². The van der Waals surface area contributed by atoms with Gasteiger partial charge in [-0.25, -0.2) is 9.78 Å². The van der Waals surface area contributed by atoms with Gasteiger partial charge in [0.25, 0.3) is 0 Å². The maximum Gasteiger partial charge on any atom is 0.328 e. The highest BCUT2D eigenvalue weighted by molar-refractivity contribution is 5.88. The number of H-pyrrole nitrogens is 1. The van der Waals surface area contributed by atoms with Gasteiger partial charge in [-0.15, -0.1) is 0 Å². The van der Waals surface area contributed by atoms with Gasteiger partial charge in [0.1, 0.15) is 18.2 Å². The number of carboxylic acids is 1. The lowest BCUT2D eigenvalue weighted by Gasteiger charge is -2.18. The minimum Gasteiger partial charge on any atom is -0.492 e. The maximum atomic E-state index is 11.1. The van der Waals surface area contributed by atoms with E-state index in [1.807, 2.05) is 86.0 Å². The molecule has 0 amide bonds. The third-order valence-corrected chi connectivity index (χ3v) is 5.52. The fraction of sp³-hybridized carbons (Fsp3) is 0.143. The van der Waals surface area contributed by atoms with Crippen LogP contribution in [0.25, 0.3) is 17.2 Å². The summed E-state index contributed by atoms with van der Waals surface area (Å²) in [6, 6.07) is 23.8. The first-order valence-corrected chi connectivity index (χ1v) is 11.1. The van der Waals surface area contributed by atoms with Crippen LogP contribution in [0, 0.1) is 0 Å². The molecule has 0 bridgehead atoms. The molecule has 4 aromatic rings. The Labute approximate surface area is 199 Å². The Hall–Kier alpha value is -4.32. The van der Waals surface area contributed by atoms with Crippen LogP contribution in [-0.2, 0) is 11.2 Å². The molecule has 0 fully saturated rings. The summed E-state index contributed by atoms with van der Waals surface area (Å²) >= 11 is 0. The molecule has 6 heteroatoms. The summed E-state index contributed by atoms with van der Waals surface area (Å²) < 4.78 is 5.90. The number of benzene rings is 2. The zero-order valence-corrected chi connectivity index (χ0v) is 19.0. The van der Waals surface area contributed by atoms with Gasteiger partial charge in [0.15, 0.2) is 0 Å². The number of likely N-dealkylation sites (N-methyl/N-ethyl adjacent to an activating group) is 1. The van der Waals surface area contributed by atoms with Crippen molar-refractivity contribution in [2.24, 2.45) is 0 Å². The topological polar surface area (TPSA) is 78.5 Å². The molecule has 0 saturated carbocycles. The number of aliphatic carboxylic acids is 1. The summed E-state index contributed by atoms with van der Waals surface area (Å²) in [4.78, 5) is 20.9. The summed E-state index contributed by atoms with van der Waals surface area (Å²) in [7, 11) is 1.99. The summed E-state index contributed by atoms with van der Waals surface area (Å²) in [6.07, 6.45) is 7.20. The van der Waals surface area contributed by atoms with Crippen LogP contribution in [0.2, 0.25) is 0 Å². The van der Waals surface area contributed by atoms with Gasteiger partial charge in [0, 0.05) is 48.8 Å². The molecule has 2 N–H and O–H groups in total. The Balaban J connectivity index is 1.42. The van der Waals surface area contributed by atoms with Gasteiger partial charge in [-0.05, 0) is 41.5 Å². The lowest BCUT2D eigenvalue weighted by Crippen LogP contribution is -2.24. The number of carboxylic acid groups (broad SMARTS) is 1. The number of hydrogen-bond acceptors (Lipinski definition) is 4. The van der Waals surface area contributed by atoms with E-state index in [0.29, 0.717) is 13.0 Å². The van der Waals surface area contributed by atoms with Crippen molar-refractivity contribution in [1.29, 1.82) is 0 Å². The minimum absolute atomic E-state index is 0.549. The van der Waals surface area contributed by atoms with E-state index < -0.39 is 5.97 Å². The van der Waals surface area contributed by atoms with E-state index >= 15 is 0 Å². The van der Waals surface area contributed by atoms with Crippen molar-refractivity contribution in [3.8, 4) is 16.9 Å². The van der Waals surface area contributed by atoms with E-state index in [9.17, 15) is 4.79 Å². The highest BCUT2D eigenvalue weighted by Gasteiger charge is 2.12. The van der Waals surface area contributed by atoms with E-state index in [0.717, 1.165) is 46.1 Å². The SMILES string of the molecule is CN(CCOc1ccc(Cc2[nH]cc(-c3ccccc3)c2C=CC(=O)O)cc1)c1ccccn1. The lowest BCUT2D eigenvalue weighted by atomic mass is 9.99. The molecule has 2 aromatic heterocycles. The predicted molar refractivity (Wildman–Crippen MR) is 135 cm³/mol. The van der Waals surface area contributed by atoms with E-state index in [4.69, 9.17) is 9.84 Å². The normalized spacial score (nSPS) is 11.0. The van der Waals surface area contributed by atoms with E-state index in [1.165, 1.54) is 6.08 Å². The van der Waals surface area contributed by atoms with Crippen LogP contribution in [0.15, 0.2) is 91.3 Å². The predicted octanol–water partition coefficient (Wildman–Crippen LogP) is 5.28. The average Bonchev–Trinajstić information content (AvgIpc) is 3.27. The number of nitrogens with one attached hydrogen (secondary N) is 1. The minimum atomic E-state index is -0.971. The summed E-state index contributed by atoms with van der Waals surface area (Å²) in [5.41, 5.74) is 4.96. The second-order valence-corrected chi connectivity index (χ2v) is 7.91. The van der Waals surface area contributed by atoms with Crippen molar-refractivity contribution in [2.75, 3.05) is 25.1 Å². The van der Waals surface area contributed by atoms with Crippen LogP contribution in [0.5, 0.6) is 5.75 Å². The number of carbonyl (C=O) groups is 1. The van der Waals surface area contributed by atoms with Gasteiger partial charge in [0.05, 0.1) is 6.54 Å². The molecule has 34 heavy (non-hydrogen) atoms. The largest absolute Gasteiger partial charge is 0.492 e. The molecule has 6 nitrogen and oxygen atoms in total. The van der Waals surface area contributed by atoms with Crippen LogP contribution in [0.4, 0.5) is 5.82 Å². The Morgan fingerprint density at radius 3 is 2.53 bits per heavy atom. The van der Waals surface area contributed by atoms with Gasteiger partial charge < -0.3 is 19.7 Å². The van der Waals surface area contributed by atoms with Crippen molar-refractivity contribution in [3.05, 3.63) is 108 Å². The van der Waals surface area contributed by atoms with Crippen LogP contribution in [-0.4, -0.2) is 41.2 Å². The van der Waals surface area contributed by atoms with Gasteiger partial charge in [-0.3, -0.25) is 0 Å². The monoisotopic (exact) mass is 453 g/mol. The number of hydrogen-bond donors (Lipinski definition) is 2. The summed E-state index contributed by atoms with van der Waals surface area (Å²) in [6.45, 7) is 1.27. The molecule has 0 spiro atoms. The summed E-state index contributed by atoms with van der Waals surface area (Å²) in [5.74, 6) is 0.747. The van der Waals surface area contributed by atoms with Crippen LogP contribution >= 0.6 is 0 Å². The van der Waals surface area contributed by atoms with Crippen LogP contribution in [0.1, 0.15) is 16.8 Å². The Kier molecular flexibility index (Phi) is 7.40. The molecule has 0 saturated heterocycles. The second kappa shape index (κ2) is 11.0. The maximum absolute atomic E-state index is 11.1. The smallest absolute Gasteiger partial charge is 0.328 e. The van der Waals surface area contributed by atoms with Gasteiger partial charge in [-0.2, -0.15) is 0 Å². The lowest BCUT2D eigenvalue weighted by molar-refractivity contribution is -0.131. The number of aromatic nitrogens is 2. The van der Waals surface area contributed by atoms with E-state index in [1.54, 1.807) is 12.3 Å². The standard InChI is InChI=1S/C28H27N3O3/c1-31(27-9-5-6-16-29-27)17-18-34-23-12-10-21(11-13-23)19-26-24(14-15-28(32)33)25(20-30-26)22-7-3-2-4-8-22/h2-16,20,30H,17-19H2,1H3,(H,32,33). The van der Waals surface area contributed by atoms with E-state index in [-0.39, 0.29) is 0 Å². The van der Waals surface area contributed by atoms with Crippen molar-refractivity contribution >= 4 is 17.9 Å². The van der Waals surface area contributed by atoms with Crippen molar-refractivity contribution < 1.29 is 14.6 Å². The van der Waals surface area contributed by atoms with Crippen LogP contribution < -0.4 is 9.64 Å². The zero-order chi connectivity index (χ0) is 23.8.